The van der Waals surface area contributed by atoms with Crippen molar-refractivity contribution >= 4 is 40.1 Å². The fraction of sp³-hybridized carbons (Fsp3) is 0.300. The predicted molar refractivity (Wildman–Crippen MR) is 66.1 cm³/mol. The Kier molecular flexibility index (Phi) is 3.18. The zero-order chi connectivity index (χ0) is 11.0. The molecule has 1 N–H and O–H groups in total. The second-order valence-corrected chi connectivity index (χ2v) is 5.14. The van der Waals surface area contributed by atoms with Crippen molar-refractivity contribution in [3.63, 3.8) is 0 Å². The van der Waals surface area contributed by atoms with Crippen LogP contribution in [0.2, 0.25) is 5.02 Å². The molecule has 80 valence electrons. The van der Waals surface area contributed by atoms with Crippen molar-refractivity contribution < 1.29 is 9.90 Å². The smallest absolute Gasteiger partial charge is 0.255 e. The summed E-state index contributed by atoms with van der Waals surface area (Å²) in [5.41, 5.74) is 0.504. The van der Waals surface area contributed by atoms with Crippen molar-refractivity contribution in [3.05, 3.63) is 32.4 Å². The Morgan fingerprint density at radius 1 is 1.53 bits per heavy atom. The first kappa shape index (κ1) is 11.2. The Labute approximate surface area is 106 Å². The minimum atomic E-state index is -0.378. The van der Waals surface area contributed by atoms with Gasteiger partial charge in [0.1, 0.15) is 0 Å². The number of hydrogen-bond acceptors (Lipinski definition) is 2. The normalized spacial score (nSPS) is 16.3. The summed E-state index contributed by atoms with van der Waals surface area (Å²) in [6.45, 7) is 0.808. The number of carbonyl (C=O) groups excluding carboxylic acids is 1. The summed E-state index contributed by atoms with van der Waals surface area (Å²) >= 11 is 8.11. The van der Waals surface area contributed by atoms with E-state index in [9.17, 15) is 4.79 Å². The van der Waals surface area contributed by atoms with Gasteiger partial charge >= 0.3 is 0 Å². The van der Waals surface area contributed by atoms with Gasteiger partial charge in [-0.25, -0.2) is 0 Å². The van der Waals surface area contributed by atoms with Crippen molar-refractivity contribution in [2.24, 2.45) is 0 Å². The zero-order valence-electron chi connectivity index (χ0n) is 7.78. The number of amides is 1. The Balaban J connectivity index is 2.19. The fourth-order valence-corrected chi connectivity index (χ4v) is 2.39. The van der Waals surface area contributed by atoms with Gasteiger partial charge in [0, 0.05) is 16.7 Å². The molecule has 0 radical (unpaired) electrons. The van der Waals surface area contributed by atoms with Crippen LogP contribution in [0.15, 0.2) is 18.2 Å². The molecule has 0 aliphatic carbocycles. The molecule has 2 rings (SSSR count). The highest BCUT2D eigenvalue weighted by molar-refractivity contribution is 14.1. The van der Waals surface area contributed by atoms with Gasteiger partial charge in [-0.3, -0.25) is 4.79 Å². The average Bonchev–Trinajstić information content (AvgIpc) is 2.12. The first-order chi connectivity index (χ1) is 7.08. The minimum Gasteiger partial charge on any atom is -0.389 e. The van der Waals surface area contributed by atoms with Crippen LogP contribution in [0.1, 0.15) is 10.4 Å². The van der Waals surface area contributed by atoms with E-state index in [2.05, 4.69) is 22.6 Å². The van der Waals surface area contributed by atoms with Gasteiger partial charge in [0.15, 0.2) is 0 Å². The Bertz CT molecular complexity index is 404. The molecule has 1 aromatic carbocycles. The zero-order valence-corrected chi connectivity index (χ0v) is 10.7. The van der Waals surface area contributed by atoms with Crippen LogP contribution < -0.4 is 0 Å². The number of nitrogens with zero attached hydrogens (tertiary/aromatic N) is 1. The van der Waals surface area contributed by atoms with E-state index in [4.69, 9.17) is 16.7 Å². The number of likely N-dealkylation sites (tertiary alicyclic amines) is 1. The SMILES string of the molecule is O=C(c1ccc(I)cc1Cl)N1CC(O)C1. The highest BCUT2D eigenvalue weighted by Gasteiger charge is 2.30. The molecule has 5 heteroatoms. The molecular weight excluding hydrogens is 328 g/mol. The van der Waals surface area contributed by atoms with Crippen LogP contribution in [0.25, 0.3) is 0 Å². The second-order valence-electron chi connectivity index (χ2n) is 3.49. The summed E-state index contributed by atoms with van der Waals surface area (Å²) in [6, 6.07) is 5.32. The van der Waals surface area contributed by atoms with Crippen molar-refractivity contribution in [1.82, 2.24) is 4.90 Å². The number of carbonyl (C=O) groups is 1. The maximum absolute atomic E-state index is 11.8. The summed E-state index contributed by atoms with van der Waals surface area (Å²) in [4.78, 5) is 13.4. The third-order valence-corrected chi connectivity index (χ3v) is 3.29. The lowest BCUT2D eigenvalue weighted by Gasteiger charge is -2.36. The Hall–Kier alpha value is -0.330. The maximum atomic E-state index is 11.8. The first-order valence-corrected chi connectivity index (χ1v) is 5.96. The van der Waals surface area contributed by atoms with Crippen LogP contribution in [-0.2, 0) is 0 Å². The van der Waals surface area contributed by atoms with Crippen LogP contribution in [-0.4, -0.2) is 35.1 Å². The van der Waals surface area contributed by atoms with Crippen LogP contribution in [0, 0.1) is 3.57 Å². The summed E-state index contributed by atoms with van der Waals surface area (Å²) in [6.07, 6.45) is -0.378. The number of aliphatic hydroxyl groups excluding tert-OH is 1. The largest absolute Gasteiger partial charge is 0.389 e. The van der Waals surface area contributed by atoms with E-state index < -0.39 is 0 Å². The quantitative estimate of drug-likeness (QED) is 0.794. The van der Waals surface area contributed by atoms with Crippen LogP contribution >= 0.6 is 34.2 Å². The van der Waals surface area contributed by atoms with Gasteiger partial charge in [0.2, 0.25) is 0 Å². The molecule has 1 amide bonds. The molecule has 0 aromatic heterocycles. The monoisotopic (exact) mass is 337 g/mol. The molecule has 0 saturated carbocycles. The standard InChI is InChI=1S/C10H9ClINO2/c11-9-3-6(12)1-2-8(9)10(15)13-4-7(14)5-13/h1-3,7,14H,4-5H2. The molecule has 0 bridgehead atoms. The third kappa shape index (κ3) is 2.26. The summed E-state index contributed by atoms with van der Waals surface area (Å²) in [7, 11) is 0. The van der Waals surface area contributed by atoms with Gasteiger partial charge < -0.3 is 10.0 Å². The number of benzene rings is 1. The summed E-state index contributed by atoms with van der Waals surface area (Å²) in [5, 5.41) is 9.57. The van der Waals surface area contributed by atoms with E-state index in [1.807, 2.05) is 6.07 Å². The van der Waals surface area contributed by atoms with Gasteiger partial charge in [-0.15, -0.1) is 0 Å². The van der Waals surface area contributed by atoms with Gasteiger partial charge in [0.25, 0.3) is 5.91 Å². The van der Waals surface area contributed by atoms with E-state index >= 15 is 0 Å². The van der Waals surface area contributed by atoms with E-state index in [0.717, 1.165) is 3.57 Å². The molecule has 3 nitrogen and oxygen atoms in total. The molecule has 1 heterocycles. The fourth-order valence-electron chi connectivity index (χ4n) is 1.45. The van der Waals surface area contributed by atoms with Crippen molar-refractivity contribution in [2.45, 2.75) is 6.10 Å². The summed E-state index contributed by atoms with van der Waals surface area (Å²) in [5.74, 6) is -0.110. The molecule has 1 aromatic rings. The molecule has 0 atom stereocenters. The molecule has 1 fully saturated rings. The highest BCUT2D eigenvalue weighted by Crippen LogP contribution is 2.22. The number of hydrogen-bond donors (Lipinski definition) is 1. The number of halogens is 2. The summed E-state index contributed by atoms with van der Waals surface area (Å²) < 4.78 is 0.998. The van der Waals surface area contributed by atoms with Crippen molar-refractivity contribution in [3.8, 4) is 0 Å². The van der Waals surface area contributed by atoms with Gasteiger partial charge in [-0.1, -0.05) is 11.6 Å². The lowest BCUT2D eigenvalue weighted by atomic mass is 10.1. The Morgan fingerprint density at radius 2 is 2.20 bits per heavy atom. The lowest BCUT2D eigenvalue weighted by Crippen LogP contribution is -2.53. The maximum Gasteiger partial charge on any atom is 0.255 e. The third-order valence-electron chi connectivity index (χ3n) is 2.31. The molecular formula is C10H9ClINO2. The predicted octanol–water partition coefficient (Wildman–Crippen LogP) is 1.76. The van der Waals surface area contributed by atoms with Crippen LogP contribution in [0.3, 0.4) is 0 Å². The molecule has 1 aliphatic heterocycles. The van der Waals surface area contributed by atoms with Gasteiger partial charge in [-0.2, -0.15) is 0 Å². The topological polar surface area (TPSA) is 40.5 Å². The van der Waals surface area contributed by atoms with Crippen molar-refractivity contribution in [2.75, 3.05) is 13.1 Å². The van der Waals surface area contributed by atoms with E-state index in [1.54, 1.807) is 17.0 Å². The number of rotatable bonds is 1. The molecule has 1 aliphatic rings. The van der Waals surface area contributed by atoms with Crippen LogP contribution in [0.4, 0.5) is 0 Å². The minimum absolute atomic E-state index is 0.110. The first-order valence-electron chi connectivity index (χ1n) is 4.50. The lowest BCUT2D eigenvalue weighted by molar-refractivity contribution is 0.00590. The van der Waals surface area contributed by atoms with E-state index in [0.29, 0.717) is 23.7 Å². The molecule has 15 heavy (non-hydrogen) atoms. The van der Waals surface area contributed by atoms with Crippen molar-refractivity contribution in [1.29, 1.82) is 0 Å². The van der Waals surface area contributed by atoms with Gasteiger partial charge in [-0.05, 0) is 40.8 Å². The highest BCUT2D eigenvalue weighted by atomic mass is 127. The average molecular weight is 338 g/mol. The molecule has 0 spiro atoms. The number of aliphatic hydroxyl groups is 1. The molecule has 0 unspecified atom stereocenters. The van der Waals surface area contributed by atoms with Crippen LogP contribution in [0.5, 0.6) is 0 Å². The van der Waals surface area contributed by atoms with E-state index in [-0.39, 0.29) is 12.0 Å². The van der Waals surface area contributed by atoms with E-state index in [1.165, 1.54) is 0 Å². The number of β-amino-alcohol motifs (C(OH)–C–C–N with tert-alkyl or cyclic N) is 1. The van der Waals surface area contributed by atoms with Gasteiger partial charge in [0.05, 0.1) is 16.7 Å². The molecule has 1 saturated heterocycles. The second kappa shape index (κ2) is 4.27. The Morgan fingerprint density at radius 3 is 2.73 bits per heavy atom.